The van der Waals surface area contributed by atoms with Gasteiger partial charge in [-0.25, -0.2) is 4.39 Å². The van der Waals surface area contributed by atoms with Crippen LogP contribution in [-0.4, -0.2) is 25.5 Å². The number of hydrogen-bond donors (Lipinski definition) is 2. The molecule has 0 radical (unpaired) electrons. The first-order valence-corrected chi connectivity index (χ1v) is 5.94. The number of rotatable bonds is 7. The van der Waals surface area contributed by atoms with Crippen LogP contribution in [0.15, 0.2) is 24.3 Å². The molecule has 3 nitrogen and oxygen atoms in total. The third kappa shape index (κ3) is 6.02. The molecule has 0 aliphatic heterocycles. The topological polar surface area (TPSA) is 41.1 Å². The Kier molecular flexibility index (Phi) is 6.25. The average Bonchev–Trinajstić information content (AvgIpc) is 2.32. The van der Waals surface area contributed by atoms with Crippen LogP contribution in [-0.2, 0) is 11.2 Å². The molecule has 0 aliphatic rings. The van der Waals surface area contributed by atoms with E-state index in [0.717, 1.165) is 25.1 Å². The van der Waals surface area contributed by atoms with Gasteiger partial charge in [0, 0.05) is 6.54 Å². The highest BCUT2D eigenvalue weighted by atomic mass is 19.1. The smallest absolute Gasteiger partial charge is 0.224 e. The van der Waals surface area contributed by atoms with Crippen molar-refractivity contribution in [3.63, 3.8) is 0 Å². The third-order valence-corrected chi connectivity index (χ3v) is 2.38. The van der Waals surface area contributed by atoms with Crippen LogP contribution in [0.1, 0.15) is 18.9 Å². The molecule has 4 heteroatoms. The van der Waals surface area contributed by atoms with E-state index < -0.39 is 0 Å². The lowest BCUT2D eigenvalue weighted by Gasteiger charge is -2.05. The Labute approximate surface area is 101 Å². The van der Waals surface area contributed by atoms with Crippen molar-refractivity contribution in [1.29, 1.82) is 0 Å². The predicted molar refractivity (Wildman–Crippen MR) is 66.3 cm³/mol. The number of amides is 1. The van der Waals surface area contributed by atoms with Crippen molar-refractivity contribution in [2.45, 2.75) is 19.8 Å². The fourth-order valence-corrected chi connectivity index (χ4v) is 1.47. The van der Waals surface area contributed by atoms with E-state index >= 15 is 0 Å². The molecule has 2 N–H and O–H groups in total. The first-order valence-electron chi connectivity index (χ1n) is 5.94. The van der Waals surface area contributed by atoms with Gasteiger partial charge in [0.2, 0.25) is 5.91 Å². The minimum atomic E-state index is -0.278. The molecule has 0 aromatic heterocycles. The zero-order chi connectivity index (χ0) is 12.5. The summed E-state index contributed by atoms with van der Waals surface area (Å²) in [6.07, 6.45) is 1.23. The molecule has 1 amide bonds. The molecule has 0 saturated heterocycles. The molecule has 0 unspecified atom stereocenters. The van der Waals surface area contributed by atoms with Crippen LogP contribution in [0.25, 0.3) is 0 Å². The van der Waals surface area contributed by atoms with E-state index in [4.69, 9.17) is 0 Å². The van der Waals surface area contributed by atoms with E-state index in [0.29, 0.717) is 13.0 Å². The van der Waals surface area contributed by atoms with Gasteiger partial charge in [0.1, 0.15) is 5.82 Å². The number of halogens is 1. The van der Waals surface area contributed by atoms with Crippen molar-refractivity contribution >= 4 is 5.91 Å². The Morgan fingerprint density at radius 1 is 1.24 bits per heavy atom. The van der Waals surface area contributed by atoms with Gasteiger partial charge in [-0.1, -0.05) is 19.1 Å². The van der Waals surface area contributed by atoms with Crippen LogP contribution in [0.5, 0.6) is 0 Å². The van der Waals surface area contributed by atoms with E-state index in [-0.39, 0.29) is 11.7 Å². The van der Waals surface area contributed by atoms with Gasteiger partial charge in [0.25, 0.3) is 0 Å². The van der Waals surface area contributed by atoms with E-state index in [1.807, 2.05) is 6.92 Å². The van der Waals surface area contributed by atoms with Gasteiger partial charge in [-0.05, 0) is 37.2 Å². The van der Waals surface area contributed by atoms with Gasteiger partial charge < -0.3 is 10.6 Å². The van der Waals surface area contributed by atoms with Gasteiger partial charge in [-0.2, -0.15) is 0 Å². The minimum absolute atomic E-state index is 0.0203. The molecule has 0 saturated carbocycles. The lowest BCUT2D eigenvalue weighted by molar-refractivity contribution is -0.120. The van der Waals surface area contributed by atoms with Crippen LogP contribution in [0.3, 0.4) is 0 Å². The van der Waals surface area contributed by atoms with Crippen molar-refractivity contribution in [1.82, 2.24) is 10.6 Å². The lowest BCUT2D eigenvalue weighted by Crippen LogP contribution is -2.28. The zero-order valence-electron chi connectivity index (χ0n) is 10.1. The summed E-state index contributed by atoms with van der Waals surface area (Å²) in [4.78, 5) is 11.5. The second kappa shape index (κ2) is 7.79. The summed E-state index contributed by atoms with van der Waals surface area (Å²) < 4.78 is 12.6. The molecule has 0 aliphatic carbocycles. The molecule has 0 spiro atoms. The summed E-state index contributed by atoms with van der Waals surface area (Å²) in [6, 6.07) is 6.00. The Morgan fingerprint density at radius 3 is 2.59 bits per heavy atom. The molecule has 0 fully saturated rings. The Bertz CT molecular complexity index is 338. The molecule has 0 heterocycles. The summed E-state index contributed by atoms with van der Waals surface area (Å²) in [6.45, 7) is 4.58. The highest BCUT2D eigenvalue weighted by molar-refractivity contribution is 5.78. The third-order valence-electron chi connectivity index (χ3n) is 2.38. The molecule has 17 heavy (non-hydrogen) atoms. The Balaban J connectivity index is 2.18. The van der Waals surface area contributed by atoms with Gasteiger partial charge in [0.05, 0.1) is 6.42 Å². The SMILES string of the molecule is CCNCCCNC(=O)Cc1ccc(F)cc1. The van der Waals surface area contributed by atoms with Gasteiger partial charge in [-0.15, -0.1) is 0 Å². The first-order chi connectivity index (χ1) is 8.22. The first kappa shape index (κ1) is 13.6. The standard InChI is InChI=1S/C13H19FN2O/c1-2-15-8-3-9-16-13(17)10-11-4-6-12(14)7-5-11/h4-7,15H,2-3,8-10H2,1H3,(H,16,17). The molecule has 0 bridgehead atoms. The number of hydrogen-bond acceptors (Lipinski definition) is 2. The van der Waals surface area contributed by atoms with Crippen molar-refractivity contribution < 1.29 is 9.18 Å². The zero-order valence-corrected chi connectivity index (χ0v) is 10.1. The van der Waals surface area contributed by atoms with Crippen molar-refractivity contribution in [3.8, 4) is 0 Å². The molecule has 1 rings (SSSR count). The summed E-state index contributed by atoms with van der Waals surface area (Å²) >= 11 is 0. The summed E-state index contributed by atoms with van der Waals surface area (Å²) in [7, 11) is 0. The predicted octanol–water partition coefficient (Wildman–Crippen LogP) is 1.48. The summed E-state index contributed by atoms with van der Waals surface area (Å²) in [5, 5.41) is 6.02. The van der Waals surface area contributed by atoms with Gasteiger partial charge >= 0.3 is 0 Å². The Morgan fingerprint density at radius 2 is 1.94 bits per heavy atom. The van der Waals surface area contributed by atoms with Gasteiger partial charge in [-0.3, -0.25) is 4.79 Å². The number of benzene rings is 1. The fourth-order valence-electron chi connectivity index (χ4n) is 1.47. The maximum atomic E-state index is 12.6. The van der Waals surface area contributed by atoms with Crippen LogP contribution in [0, 0.1) is 5.82 Å². The van der Waals surface area contributed by atoms with Crippen LogP contribution in [0.4, 0.5) is 4.39 Å². The minimum Gasteiger partial charge on any atom is -0.356 e. The van der Waals surface area contributed by atoms with Crippen molar-refractivity contribution in [2.24, 2.45) is 0 Å². The normalized spacial score (nSPS) is 10.2. The van der Waals surface area contributed by atoms with Gasteiger partial charge in [0.15, 0.2) is 0 Å². The molecular weight excluding hydrogens is 219 g/mol. The molecule has 94 valence electrons. The fraction of sp³-hybridized carbons (Fsp3) is 0.462. The van der Waals surface area contributed by atoms with Crippen LogP contribution >= 0.6 is 0 Å². The van der Waals surface area contributed by atoms with E-state index in [1.54, 1.807) is 12.1 Å². The summed E-state index contributed by atoms with van der Waals surface area (Å²) in [5.41, 5.74) is 0.829. The molecular formula is C13H19FN2O. The maximum Gasteiger partial charge on any atom is 0.224 e. The van der Waals surface area contributed by atoms with E-state index in [2.05, 4.69) is 10.6 Å². The highest BCUT2D eigenvalue weighted by Crippen LogP contribution is 2.03. The highest BCUT2D eigenvalue weighted by Gasteiger charge is 2.02. The van der Waals surface area contributed by atoms with E-state index in [9.17, 15) is 9.18 Å². The maximum absolute atomic E-state index is 12.6. The monoisotopic (exact) mass is 238 g/mol. The number of carbonyl (C=O) groups is 1. The average molecular weight is 238 g/mol. The van der Waals surface area contributed by atoms with Crippen molar-refractivity contribution in [2.75, 3.05) is 19.6 Å². The van der Waals surface area contributed by atoms with Crippen LogP contribution < -0.4 is 10.6 Å². The van der Waals surface area contributed by atoms with Crippen molar-refractivity contribution in [3.05, 3.63) is 35.6 Å². The molecule has 1 aromatic rings. The van der Waals surface area contributed by atoms with E-state index in [1.165, 1.54) is 12.1 Å². The largest absolute Gasteiger partial charge is 0.356 e. The number of nitrogens with one attached hydrogen (secondary N) is 2. The second-order valence-corrected chi connectivity index (χ2v) is 3.86. The molecule has 1 aromatic carbocycles. The van der Waals surface area contributed by atoms with Crippen LogP contribution in [0.2, 0.25) is 0 Å². The quantitative estimate of drug-likeness (QED) is 0.707. The summed E-state index contributed by atoms with van der Waals surface area (Å²) in [5.74, 6) is -0.298. The lowest BCUT2D eigenvalue weighted by atomic mass is 10.1. The Hall–Kier alpha value is -1.42. The molecule has 0 atom stereocenters. The second-order valence-electron chi connectivity index (χ2n) is 3.86. The number of carbonyl (C=O) groups excluding carboxylic acids is 1.